The van der Waals surface area contributed by atoms with Gasteiger partial charge in [-0.3, -0.25) is 4.98 Å². The Morgan fingerprint density at radius 1 is 1.44 bits per heavy atom. The van der Waals surface area contributed by atoms with E-state index in [1.54, 1.807) is 23.7 Å². The van der Waals surface area contributed by atoms with Crippen LogP contribution in [0.15, 0.2) is 36.0 Å². The molecule has 16 heavy (non-hydrogen) atoms. The topological polar surface area (TPSA) is 16.1 Å². The van der Waals surface area contributed by atoms with E-state index in [-0.39, 0.29) is 0 Å². The minimum atomic E-state index is 0.709. The molecule has 0 saturated carbocycles. The van der Waals surface area contributed by atoms with Crippen LogP contribution in [0.1, 0.15) is 11.8 Å². The van der Waals surface area contributed by atoms with E-state index < -0.39 is 0 Å². The van der Waals surface area contributed by atoms with E-state index in [1.165, 1.54) is 4.88 Å². The van der Waals surface area contributed by atoms with Gasteiger partial charge in [-0.15, -0.1) is 11.3 Å². The largest absolute Gasteiger partial charge is 0.365 e. The first-order valence-corrected chi connectivity index (χ1v) is 6.44. The molecule has 0 saturated heterocycles. The summed E-state index contributed by atoms with van der Waals surface area (Å²) in [7, 11) is 0. The number of aromatic nitrogens is 1. The van der Waals surface area contributed by atoms with Crippen molar-refractivity contribution < 1.29 is 0 Å². The van der Waals surface area contributed by atoms with Crippen molar-refractivity contribution in [2.75, 3.05) is 11.4 Å². The van der Waals surface area contributed by atoms with Crippen LogP contribution in [0.25, 0.3) is 0 Å². The van der Waals surface area contributed by atoms with Crippen LogP contribution in [-0.4, -0.2) is 11.5 Å². The molecule has 2 aromatic heterocycles. The molecule has 0 aromatic carbocycles. The highest BCUT2D eigenvalue weighted by Crippen LogP contribution is 2.26. The number of thiophene rings is 1. The third-order valence-corrected chi connectivity index (χ3v) is 3.55. The first kappa shape index (κ1) is 11.4. The molecule has 0 radical (unpaired) electrons. The molecule has 0 N–H and O–H groups in total. The minimum absolute atomic E-state index is 0.709. The fraction of sp³-hybridized carbons (Fsp3) is 0.250. The van der Waals surface area contributed by atoms with Crippen LogP contribution < -0.4 is 4.90 Å². The van der Waals surface area contributed by atoms with Crippen molar-refractivity contribution in [3.05, 3.63) is 45.9 Å². The van der Waals surface area contributed by atoms with Crippen molar-refractivity contribution >= 4 is 28.6 Å². The Bertz CT molecular complexity index is 442. The summed E-state index contributed by atoms with van der Waals surface area (Å²) in [5.41, 5.74) is 1.05. The molecular formula is C12H13ClN2S. The summed E-state index contributed by atoms with van der Waals surface area (Å²) < 4.78 is 0. The van der Waals surface area contributed by atoms with E-state index >= 15 is 0 Å². The lowest BCUT2D eigenvalue weighted by Gasteiger charge is -2.23. The summed E-state index contributed by atoms with van der Waals surface area (Å²) in [6, 6.07) is 6.17. The summed E-state index contributed by atoms with van der Waals surface area (Å²) in [5, 5.41) is 2.80. The van der Waals surface area contributed by atoms with Crippen LogP contribution in [-0.2, 0) is 6.54 Å². The molecule has 0 fully saturated rings. The van der Waals surface area contributed by atoms with E-state index in [9.17, 15) is 0 Å². The SMILES string of the molecule is CCN(Cc1cccs1)c1ccncc1Cl. The normalized spacial score (nSPS) is 10.4. The monoisotopic (exact) mass is 252 g/mol. The molecule has 0 aliphatic heterocycles. The van der Waals surface area contributed by atoms with Crippen LogP contribution in [0, 0.1) is 0 Å². The molecule has 0 unspecified atom stereocenters. The Hall–Kier alpha value is -1.06. The first-order chi connectivity index (χ1) is 7.81. The van der Waals surface area contributed by atoms with Gasteiger partial charge in [-0.1, -0.05) is 17.7 Å². The van der Waals surface area contributed by atoms with Crippen LogP contribution in [0.4, 0.5) is 5.69 Å². The number of rotatable bonds is 4. The van der Waals surface area contributed by atoms with Gasteiger partial charge in [-0.25, -0.2) is 0 Å². The van der Waals surface area contributed by atoms with Gasteiger partial charge in [0.15, 0.2) is 0 Å². The van der Waals surface area contributed by atoms with E-state index in [1.807, 2.05) is 6.07 Å². The van der Waals surface area contributed by atoms with Gasteiger partial charge in [-0.05, 0) is 24.4 Å². The lowest BCUT2D eigenvalue weighted by Crippen LogP contribution is -2.21. The molecule has 4 heteroatoms. The lowest BCUT2D eigenvalue weighted by molar-refractivity contribution is 0.841. The van der Waals surface area contributed by atoms with Crippen LogP contribution in [0.3, 0.4) is 0 Å². The van der Waals surface area contributed by atoms with Gasteiger partial charge in [0.05, 0.1) is 17.3 Å². The number of halogens is 1. The van der Waals surface area contributed by atoms with Gasteiger partial charge >= 0.3 is 0 Å². The van der Waals surface area contributed by atoms with Gasteiger partial charge in [-0.2, -0.15) is 0 Å². The van der Waals surface area contributed by atoms with Crippen molar-refractivity contribution in [2.24, 2.45) is 0 Å². The average Bonchev–Trinajstić information content (AvgIpc) is 2.80. The molecule has 2 heterocycles. The molecular weight excluding hydrogens is 240 g/mol. The molecule has 84 valence electrons. The van der Waals surface area contributed by atoms with Crippen molar-refractivity contribution in [1.82, 2.24) is 4.98 Å². The Morgan fingerprint density at radius 3 is 2.94 bits per heavy atom. The van der Waals surface area contributed by atoms with Gasteiger partial charge in [0.25, 0.3) is 0 Å². The number of hydrogen-bond donors (Lipinski definition) is 0. The zero-order chi connectivity index (χ0) is 11.4. The zero-order valence-electron chi connectivity index (χ0n) is 9.06. The summed E-state index contributed by atoms with van der Waals surface area (Å²) >= 11 is 7.90. The fourth-order valence-corrected chi connectivity index (χ4v) is 2.54. The Morgan fingerprint density at radius 2 is 2.31 bits per heavy atom. The number of hydrogen-bond acceptors (Lipinski definition) is 3. The third kappa shape index (κ3) is 2.54. The van der Waals surface area contributed by atoms with Crippen molar-refractivity contribution in [2.45, 2.75) is 13.5 Å². The average molecular weight is 253 g/mol. The smallest absolute Gasteiger partial charge is 0.0822 e. The van der Waals surface area contributed by atoms with Crippen LogP contribution in [0.5, 0.6) is 0 Å². The fourth-order valence-electron chi connectivity index (χ4n) is 1.58. The maximum Gasteiger partial charge on any atom is 0.0822 e. The van der Waals surface area contributed by atoms with Gasteiger partial charge < -0.3 is 4.90 Å². The maximum atomic E-state index is 6.14. The number of pyridine rings is 1. The second kappa shape index (κ2) is 5.32. The van der Waals surface area contributed by atoms with Gasteiger partial charge in [0.1, 0.15) is 0 Å². The predicted octanol–water partition coefficient (Wildman–Crippen LogP) is 3.82. The Balaban J connectivity index is 2.20. The molecule has 2 nitrogen and oxygen atoms in total. The standard InChI is InChI=1S/C12H13ClN2S/c1-2-15(9-10-4-3-7-16-10)12-5-6-14-8-11(12)13/h3-8H,2,9H2,1H3. The molecule has 2 rings (SSSR count). The highest BCUT2D eigenvalue weighted by molar-refractivity contribution is 7.09. The van der Waals surface area contributed by atoms with Crippen LogP contribution in [0.2, 0.25) is 5.02 Å². The molecule has 0 amide bonds. The van der Waals surface area contributed by atoms with Crippen molar-refractivity contribution in [3.63, 3.8) is 0 Å². The number of anilines is 1. The maximum absolute atomic E-state index is 6.14. The summed E-state index contributed by atoms with van der Waals surface area (Å²) in [6.07, 6.45) is 3.46. The summed E-state index contributed by atoms with van der Waals surface area (Å²) in [5.74, 6) is 0. The van der Waals surface area contributed by atoms with E-state index in [4.69, 9.17) is 11.6 Å². The zero-order valence-corrected chi connectivity index (χ0v) is 10.6. The Kier molecular flexibility index (Phi) is 3.80. The molecule has 0 aliphatic carbocycles. The summed E-state index contributed by atoms with van der Waals surface area (Å²) in [6.45, 7) is 3.96. The highest BCUT2D eigenvalue weighted by atomic mass is 35.5. The highest BCUT2D eigenvalue weighted by Gasteiger charge is 2.09. The lowest BCUT2D eigenvalue weighted by atomic mass is 10.3. The van der Waals surface area contributed by atoms with Gasteiger partial charge in [0.2, 0.25) is 0 Å². The Labute approximate surface area is 105 Å². The van der Waals surface area contributed by atoms with Crippen molar-refractivity contribution in [1.29, 1.82) is 0 Å². The molecule has 0 bridgehead atoms. The first-order valence-electron chi connectivity index (χ1n) is 5.18. The van der Waals surface area contributed by atoms with Crippen molar-refractivity contribution in [3.8, 4) is 0 Å². The molecule has 0 aliphatic rings. The second-order valence-electron chi connectivity index (χ2n) is 3.42. The second-order valence-corrected chi connectivity index (χ2v) is 4.86. The predicted molar refractivity (Wildman–Crippen MR) is 70.3 cm³/mol. The molecule has 0 spiro atoms. The van der Waals surface area contributed by atoms with Crippen LogP contribution >= 0.6 is 22.9 Å². The van der Waals surface area contributed by atoms with E-state index in [2.05, 4.69) is 34.3 Å². The quantitative estimate of drug-likeness (QED) is 0.822. The minimum Gasteiger partial charge on any atom is -0.365 e. The third-order valence-electron chi connectivity index (χ3n) is 2.40. The van der Waals surface area contributed by atoms with E-state index in [0.29, 0.717) is 5.02 Å². The van der Waals surface area contributed by atoms with E-state index in [0.717, 1.165) is 18.8 Å². The number of nitrogens with zero attached hydrogens (tertiary/aromatic N) is 2. The molecule has 0 atom stereocenters. The summed E-state index contributed by atoms with van der Waals surface area (Å²) in [4.78, 5) is 7.59. The molecule has 2 aromatic rings. The van der Waals surface area contributed by atoms with Gasteiger partial charge in [0, 0.05) is 23.8 Å².